The van der Waals surface area contributed by atoms with Crippen LogP contribution in [0.2, 0.25) is 0 Å². The van der Waals surface area contributed by atoms with Gasteiger partial charge in [-0.2, -0.15) is 5.26 Å². The molecular weight excluding hydrogens is 230 g/mol. The number of hydrogen-bond acceptors (Lipinski definition) is 3. The third-order valence-electron chi connectivity index (χ3n) is 2.44. The molecule has 96 valence electrons. The fraction of sp³-hybridized carbons (Fsp3) is 0.385. The number of urea groups is 1. The summed E-state index contributed by atoms with van der Waals surface area (Å²) >= 11 is 0. The van der Waals surface area contributed by atoms with Crippen molar-refractivity contribution in [1.82, 2.24) is 5.32 Å². The Kier molecular flexibility index (Phi) is 5.68. The monoisotopic (exact) mass is 247 g/mol. The molecule has 0 heterocycles. The molecule has 0 spiro atoms. The van der Waals surface area contributed by atoms with E-state index in [1.807, 2.05) is 13.0 Å². The summed E-state index contributed by atoms with van der Waals surface area (Å²) in [5, 5.41) is 22.8. The van der Waals surface area contributed by atoms with Crippen LogP contribution < -0.4 is 10.6 Å². The minimum Gasteiger partial charge on any atom is -0.396 e. The van der Waals surface area contributed by atoms with Crippen LogP contribution in [-0.4, -0.2) is 23.8 Å². The second-order valence-electron chi connectivity index (χ2n) is 4.05. The lowest BCUT2D eigenvalue weighted by molar-refractivity contribution is 0.245. The fourth-order valence-corrected chi connectivity index (χ4v) is 1.49. The summed E-state index contributed by atoms with van der Waals surface area (Å²) < 4.78 is 0. The van der Waals surface area contributed by atoms with Crippen molar-refractivity contribution in [3.05, 3.63) is 29.8 Å². The molecule has 1 atom stereocenters. The van der Waals surface area contributed by atoms with E-state index >= 15 is 0 Å². The van der Waals surface area contributed by atoms with Gasteiger partial charge in [0.1, 0.15) is 0 Å². The number of nitrogens with zero attached hydrogens (tertiary/aromatic N) is 1. The van der Waals surface area contributed by atoms with Gasteiger partial charge in [-0.15, -0.1) is 0 Å². The van der Waals surface area contributed by atoms with Crippen LogP contribution in [0.5, 0.6) is 0 Å². The van der Waals surface area contributed by atoms with Crippen molar-refractivity contribution < 1.29 is 9.90 Å². The Morgan fingerprint density at radius 1 is 1.44 bits per heavy atom. The van der Waals surface area contributed by atoms with Crippen LogP contribution in [0.15, 0.2) is 24.3 Å². The first-order chi connectivity index (χ1) is 8.65. The Labute approximate surface area is 106 Å². The molecule has 0 saturated carbocycles. The predicted molar refractivity (Wildman–Crippen MR) is 69.1 cm³/mol. The van der Waals surface area contributed by atoms with Gasteiger partial charge in [-0.1, -0.05) is 0 Å². The Morgan fingerprint density at radius 3 is 2.67 bits per heavy atom. The molecule has 2 amide bonds. The second-order valence-corrected chi connectivity index (χ2v) is 4.05. The largest absolute Gasteiger partial charge is 0.396 e. The van der Waals surface area contributed by atoms with E-state index in [2.05, 4.69) is 10.6 Å². The first-order valence-electron chi connectivity index (χ1n) is 5.84. The number of nitriles is 1. The zero-order valence-corrected chi connectivity index (χ0v) is 10.3. The summed E-state index contributed by atoms with van der Waals surface area (Å²) in [6, 6.07) is 8.38. The fourth-order valence-electron chi connectivity index (χ4n) is 1.49. The van der Waals surface area contributed by atoms with Crippen molar-refractivity contribution in [2.24, 2.45) is 0 Å². The lowest BCUT2D eigenvalue weighted by atomic mass is 10.2. The first kappa shape index (κ1) is 14.0. The highest BCUT2D eigenvalue weighted by Crippen LogP contribution is 2.08. The van der Waals surface area contributed by atoms with Crippen LogP contribution in [-0.2, 0) is 0 Å². The highest BCUT2D eigenvalue weighted by atomic mass is 16.3. The first-order valence-corrected chi connectivity index (χ1v) is 5.84. The van der Waals surface area contributed by atoms with Gasteiger partial charge in [-0.3, -0.25) is 0 Å². The maximum atomic E-state index is 11.6. The van der Waals surface area contributed by atoms with E-state index in [9.17, 15) is 4.79 Å². The number of anilines is 1. The van der Waals surface area contributed by atoms with Gasteiger partial charge in [0.2, 0.25) is 0 Å². The van der Waals surface area contributed by atoms with Gasteiger partial charge in [0.05, 0.1) is 11.6 Å². The zero-order chi connectivity index (χ0) is 13.4. The van der Waals surface area contributed by atoms with Crippen LogP contribution >= 0.6 is 0 Å². The molecule has 5 heteroatoms. The number of amides is 2. The van der Waals surface area contributed by atoms with Crippen molar-refractivity contribution in [1.29, 1.82) is 5.26 Å². The number of carbonyl (C=O) groups excluding carboxylic acids is 1. The molecule has 18 heavy (non-hydrogen) atoms. The molecule has 0 fully saturated rings. The molecule has 0 bridgehead atoms. The molecule has 0 radical (unpaired) electrons. The Hall–Kier alpha value is -2.06. The predicted octanol–water partition coefficient (Wildman–Crippen LogP) is 1.84. The number of aliphatic hydroxyl groups is 1. The summed E-state index contributed by atoms with van der Waals surface area (Å²) in [7, 11) is 0. The lowest BCUT2D eigenvalue weighted by Crippen LogP contribution is -2.36. The lowest BCUT2D eigenvalue weighted by Gasteiger charge is -2.14. The van der Waals surface area contributed by atoms with E-state index < -0.39 is 0 Å². The van der Waals surface area contributed by atoms with Crippen molar-refractivity contribution in [2.75, 3.05) is 11.9 Å². The van der Waals surface area contributed by atoms with Crippen molar-refractivity contribution in [3.63, 3.8) is 0 Å². The number of hydrogen-bond donors (Lipinski definition) is 3. The summed E-state index contributed by atoms with van der Waals surface area (Å²) in [4.78, 5) is 11.6. The Bertz CT molecular complexity index is 423. The smallest absolute Gasteiger partial charge is 0.319 e. The average Bonchev–Trinajstić information content (AvgIpc) is 2.37. The SMILES string of the molecule is CC(CCCO)NC(=O)Nc1ccc(C#N)cc1. The van der Waals surface area contributed by atoms with Crippen LogP contribution in [0, 0.1) is 11.3 Å². The van der Waals surface area contributed by atoms with Crippen LogP contribution in [0.1, 0.15) is 25.3 Å². The Balaban J connectivity index is 2.41. The van der Waals surface area contributed by atoms with Gasteiger partial charge in [0, 0.05) is 18.3 Å². The Morgan fingerprint density at radius 2 is 2.11 bits per heavy atom. The number of rotatable bonds is 5. The van der Waals surface area contributed by atoms with Crippen LogP contribution in [0.3, 0.4) is 0 Å². The van der Waals surface area contributed by atoms with Gasteiger partial charge in [0.15, 0.2) is 0 Å². The van der Waals surface area contributed by atoms with Crippen molar-refractivity contribution in [3.8, 4) is 6.07 Å². The minimum atomic E-state index is -0.287. The number of benzene rings is 1. The highest BCUT2D eigenvalue weighted by molar-refractivity contribution is 5.89. The molecule has 0 aliphatic rings. The summed E-state index contributed by atoms with van der Waals surface area (Å²) in [6.07, 6.45) is 1.40. The third-order valence-corrected chi connectivity index (χ3v) is 2.44. The van der Waals surface area contributed by atoms with E-state index in [4.69, 9.17) is 10.4 Å². The molecule has 3 N–H and O–H groups in total. The van der Waals surface area contributed by atoms with Crippen molar-refractivity contribution in [2.45, 2.75) is 25.8 Å². The maximum absolute atomic E-state index is 11.6. The number of nitrogens with one attached hydrogen (secondary N) is 2. The molecule has 0 aliphatic carbocycles. The molecule has 1 aromatic rings. The van der Waals surface area contributed by atoms with Crippen LogP contribution in [0.25, 0.3) is 0 Å². The van der Waals surface area contributed by atoms with Gasteiger partial charge in [-0.05, 0) is 44.0 Å². The molecular formula is C13H17N3O2. The highest BCUT2D eigenvalue weighted by Gasteiger charge is 2.06. The molecule has 0 saturated heterocycles. The molecule has 1 aromatic carbocycles. The van der Waals surface area contributed by atoms with E-state index in [-0.39, 0.29) is 18.7 Å². The standard InChI is InChI=1S/C13H17N3O2/c1-10(3-2-8-17)15-13(18)16-12-6-4-11(9-14)5-7-12/h4-7,10,17H,2-3,8H2,1H3,(H2,15,16,18). The summed E-state index contributed by atoms with van der Waals surface area (Å²) in [5.74, 6) is 0. The molecule has 5 nitrogen and oxygen atoms in total. The van der Waals surface area contributed by atoms with Gasteiger partial charge in [0.25, 0.3) is 0 Å². The molecule has 0 aliphatic heterocycles. The zero-order valence-electron chi connectivity index (χ0n) is 10.3. The van der Waals surface area contributed by atoms with Gasteiger partial charge >= 0.3 is 6.03 Å². The number of aliphatic hydroxyl groups excluding tert-OH is 1. The van der Waals surface area contributed by atoms with E-state index in [0.29, 0.717) is 17.7 Å². The topological polar surface area (TPSA) is 85.2 Å². The molecule has 1 rings (SSSR count). The summed E-state index contributed by atoms with van der Waals surface area (Å²) in [6.45, 7) is 2.01. The average molecular weight is 247 g/mol. The van der Waals surface area contributed by atoms with E-state index in [1.165, 1.54) is 0 Å². The minimum absolute atomic E-state index is 0.00975. The van der Waals surface area contributed by atoms with E-state index in [0.717, 1.165) is 6.42 Å². The molecule has 1 unspecified atom stereocenters. The normalized spacial score (nSPS) is 11.4. The number of carbonyl (C=O) groups is 1. The quantitative estimate of drug-likeness (QED) is 0.742. The van der Waals surface area contributed by atoms with Gasteiger partial charge in [-0.25, -0.2) is 4.79 Å². The summed E-state index contributed by atoms with van der Waals surface area (Å²) in [5.41, 5.74) is 1.19. The van der Waals surface area contributed by atoms with Crippen molar-refractivity contribution >= 4 is 11.7 Å². The maximum Gasteiger partial charge on any atom is 0.319 e. The van der Waals surface area contributed by atoms with E-state index in [1.54, 1.807) is 24.3 Å². The van der Waals surface area contributed by atoms with Gasteiger partial charge < -0.3 is 15.7 Å². The second kappa shape index (κ2) is 7.30. The third kappa shape index (κ3) is 4.85. The van der Waals surface area contributed by atoms with Crippen LogP contribution in [0.4, 0.5) is 10.5 Å². The molecule has 0 aromatic heterocycles.